The fourth-order valence-electron chi connectivity index (χ4n) is 2.65. The second-order valence-corrected chi connectivity index (χ2v) is 6.07. The van der Waals surface area contributed by atoms with Crippen LogP contribution in [0.5, 0.6) is 0 Å². The van der Waals surface area contributed by atoms with Crippen molar-refractivity contribution in [2.75, 3.05) is 5.32 Å². The fourth-order valence-corrected chi connectivity index (χ4v) is 2.82. The molecule has 0 aromatic heterocycles. The first-order valence-electron chi connectivity index (χ1n) is 7.21. The van der Waals surface area contributed by atoms with Gasteiger partial charge in [-0.25, -0.2) is 4.79 Å². The van der Waals surface area contributed by atoms with Crippen LogP contribution in [0.25, 0.3) is 0 Å². The van der Waals surface area contributed by atoms with E-state index in [4.69, 9.17) is 11.6 Å². The Morgan fingerprint density at radius 1 is 1.27 bits per heavy atom. The molecule has 2 N–H and O–H groups in total. The van der Waals surface area contributed by atoms with Gasteiger partial charge in [-0.1, -0.05) is 31.4 Å². The monoisotopic (exact) mass is 334 g/mol. The van der Waals surface area contributed by atoms with Crippen LogP contribution in [0, 0.1) is 5.92 Å². The lowest BCUT2D eigenvalue weighted by Gasteiger charge is -2.29. The van der Waals surface area contributed by atoms with Gasteiger partial charge in [0, 0.05) is 6.04 Å². The number of amides is 2. The highest BCUT2D eigenvalue weighted by atomic mass is 35.5. The molecule has 0 radical (unpaired) electrons. The number of halogens is 4. The van der Waals surface area contributed by atoms with Gasteiger partial charge in [0.2, 0.25) is 0 Å². The maximum Gasteiger partial charge on any atom is 0.416 e. The van der Waals surface area contributed by atoms with Crippen LogP contribution >= 0.6 is 11.6 Å². The Morgan fingerprint density at radius 3 is 2.59 bits per heavy atom. The summed E-state index contributed by atoms with van der Waals surface area (Å²) in [6.45, 7) is 2.06. The van der Waals surface area contributed by atoms with Crippen molar-refractivity contribution in [3.8, 4) is 0 Å². The van der Waals surface area contributed by atoms with Gasteiger partial charge < -0.3 is 10.6 Å². The number of rotatable bonds is 2. The highest BCUT2D eigenvalue weighted by Gasteiger charge is 2.31. The van der Waals surface area contributed by atoms with Crippen molar-refractivity contribution in [1.82, 2.24) is 5.32 Å². The Morgan fingerprint density at radius 2 is 1.95 bits per heavy atom. The summed E-state index contributed by atoms with van der Waals surface area (Å²) < 4.78 is 38.1. The molecule has 0 aliphatic heterocycles. The van der Waals surface area contributed by atoms with Crippen LogP contribution < -0.4 is 10.6 Å². The minimum absolute atomic E-state index is 0.0401. The molecule has 0 bridgehead atoms. The van der Waals surface area contributed by atoms with E-state index in [1.165, 1.54) is 0 Å². The second kappa shape index (κ2) is 6.77. The van der Waals surface area contributed by atoms with E-state index in [2.05, 4.69) is 17.6 Å². The van der Waals surface area contributed by atoms with E-state index in [1.807, 2.05) is 0 Å². The first kappa shape index (κ1) is 16.9. The number of anilines is 1. The number of nitrogens with one attached hydrogen (secondary N) is 2. The summed E-state index contributed by atoms with van der Waals surface area (Å²) in [6, 6.07) is 2.36. The van der Waals surface area contributed by atoms with Gasteiger partial charge in [0.1, 0.15) is 0 Å². The van der Waals surface area contributed by atoms with Gasteiger partial charge in [-0.2, -0.15) is 13.2 Å². The van der Waals surface area contributed by atoms with Crippen LogP contribution in [0.3, 0.4) is 0 Å². The third kappa shape index (κ3) is 4.29. The first-order valence-corrected chi connectivity index (χ1v) is 7.59. The maximum atomic E-state index is 12.7. The minimum Gasteiger partial charge on any atom is -0.335 e. The molecule has 122 valence electrons. The molecule has 0 saturated heterocycles. The van der Waals surface area contributed by atoms with E-state index in [0.717, 1.165) is 43.9 Å². The Bertz CT molecular complexity index is 548. The average Bonchev–Trinajstić information content (AvgIpc) is 2.42. The topological polar surface area (TPSA) is 41.1 Å². The molecule has 1 aliphatic carbocycles. The molecule has 0 spiro atoms. The second-order valence-electron chi connectivity index (χ2n) is 5.66. The Hall–Kier alpha value is -1.43. The van der Waals surface area contributed by atoms with Gasteiger partial charge in [-0.3, -0.25) is 0 Å². The summed E-state index contributed by atoms with van der Waals surface area (Å²) in [5, 5.41) is 5.29. The number of benzene rings is 1. The number of hydrogen-bond donors (Lipinski definition) is 2. The zero-order valence-corrected chi connectivity index (χ0v) is 12.9. The van der Waals surface area contributed by atoms with Crippen molar-refractivity contribution < 1.29 is 18.0 Å². The number of urea groups is 1. The van der Waals surface area contributed by atoms with Crippen molar-refractivity contribution in [3.05, 3.63) is 28.8 Å². The molecule has 2 rings (SSSR count). The van der Waals surface area contributed by atoms with Crippen LogP contribution in [0.2, 0.25) is 5.02 Å². The van der Waals surface area contributed by atoms with Gasteiger partial charge in [-0.05, 0) is 37.0 Å². The fraction of sp³-hybridized carbons (Fsp3) is 0.533. The van der Waals surface area contributed by atoms with E-state index in [-0.39, 0.29) is 16.8 Å². The van der Waals surface area contributed by atoms with E-state index >= 15 is 0 Å². The lowest BCUT2D eigenvalue weighted by atomic mass is 9.86. The predicted octanol–water partition coefficient (Wildman–Crippen LogP) is 5.06. The molecule has 7 heteroatoms. The van der Waals surface area contributed by atoms with Crippen molar-refractivity contribution >= 4 is 23.3 Å². The molecule has 2 amide bonds. The summed E-state index contributed by atoms with van der Waals surface area (Å²) in [5.74, 6) is 0.358. The van der Waals surface area contributed by atoms with Crippen LogP contribution in [0.15, 0.2) is 18.2 Å². The third-order valence-corrected chi connectivity index (χ3v) is 4.30. The largest absolute Gasteiger partial charge is 0.416 e. The molecule has 0 unspecified atom stereocenters. The van der Waals surface area contributed by atoms with Gasteiger partial charge in [0.05, 0.1) is 16.3 Å². The number of carbonyl (C=O) groups excluding carboxylic acids is 1. The molecule has 0 heterocycles. The minimum atomic E-state index is -4.48. The maximum absolute atomic E-state index is 12.7. The first-order chi connectivity index (χ1) is 10.3. The normalized spacial score (nSPS) is 22.2. The summed E-state index contributed by atoms with van der Waals surface area (Å²) >= 11 is 5.85. The van der Waals surface area contributed by atoms with Crippen LogP contribution in [0.1, 0.15) is 38.2 Å². The SMILES string of the molecule is C[C@@H]1CCCC[C@@H]1NC(=O)Nc1cc(C(F)(F)F)ccc1Cl. The van der Waals surface area contributed by atoms with Crippen LogP contribution in [-0.2, 0) is 6.18 Å². The van der Waals surface area contributed by atoms with Gasteiger partial charge in [0.15, 0.2) is 0 Å². The van der Waals surface area contributed by atoms with Crippen molar-refractivity contribution in [2.45, 2.75) is 44.8 Å². The lowest BCUT2D eigenvalue weighted by Crippen LogP contribution is -2.43. The summed E-state index contributed by atoms with van der Waals surface area (Å²) in [4.78, 5) is 12.0. The zero-order chi connectivity index (χ0) is 16.3. The molecule has 2 atom stereocenters. The highest BCUT2D eigenvalue weighted by molar-refractivity contribution is 6.33. The summed E-state index contributed by atoms with van der Waals surface area (Å²) in [6.07, 6.45) is -0.379. The smallest absolute Gasteiger partial charge is 0.335 e. The highest BCUT2D eigenvalue weighted by Crippen LogP contribution is 2.33. The molecule has 1 aromatic carbocycles. The molecular weight excluding hydrogens is 317 g/mol. The van der Waals surface area contributed by atoms with Crippen molar-refractivity contribution in [2.24, 2.45) is 5.92 Å². The van der Waals surface area contributed by atoms with Gasteiger partial charge >= 0.3 is 12.2 Å². The number of alkyl halides is 3. The molecule has 1 aromatic rings. The van der Waals surface area contributed by atoms with Crippen molar-refractivity contribution in [3.63, 3.8) is 0 Å². The molecular formula is C15H18ClF3N2O. The quantitative estimate of drug-likeness (QED) is 0.780. The molecule has 1 fully saturated rings. The van der Waals surface area contributed by atoms with Crippen molar-refractivity contribution in [1.29, 1.82) is 0 Å². The predicted molar refractivity (Wildman–Crippen MR) is 80.0 cm³/mol. The Kier molecular flexibility index (Phi) is 5.21. The van der Waals surface area contributed by atoms with E-state index in [9.17, 15) is 18.0 Å². The van der Waals surface area contributed by atoms with Crippen LogP contribution in [-0.4, -0.2) is 12.1 Å². The van der Waals surface area contributed by atoms with E-state index < -0.39 is 17.8 Å². The summed E-state index contributed by atoms with van der Waals surface area (Å²) in [7, 11) is 0. The molecule has 1 saturated carbocycles. The van der Waals surface area contributed by atoms with E-state index in [0.29, 0.717) is 5.92 Å². The van der Waals surface area contributed by atoms with Crippen LogP contribution in [0.4, 0.5) is 23.7 Å². The molecule has 3 nitrogen and oxygen atoms in total. The van der Waals surface area contributed by atoms with Gasteiger partial charge in [0.25, 0.3) is 0 Å². The Balaban J connectivity index is 2.04. The Labute approximate surface area is 132 Å². The zero-order valence-electron chi connectivity index (χ0n) is 12.1. The molecule has 22 heavy (non-hydrogen) atoms. The number of hydrogen-bond acceptors (Lipinski definition) is 1. The summed E-state index contributed by atoms with van der Waals surface area (Å²) in [5.41, 5.74) is -0.893. The standard InChI is InChI=1S/C15H18ClF3N2O/c1-9-4-2-3-5-12(9)20-14(22)21-13-8-10(15(17,18)19)6-7-11(13)16/h6-9,12H,2-5H2,1H3,(H2,20,21,22)/t9-,12+/m1/s1. The average molecular weight is 335 g/mol. The number of carbonyl (C=O) groups is 1. The van der Waals surface area contributed by atoms with Gasteiger partial charge in [-0.15, -0.1) is 0 Å². The molecule has 1 aliphatic rings. The van der Waals surface area contributed by atoms with E-state index in [1.54, 1.807) is 0 Å². The lowest BCUT2D eigenvalue weighted by molar-refractivity contribution is -0.137. The third-order valence-electron chi connectivity index (χ3n) is 3.97.